The SMILES string of the molecule is CCOC(=O)c1cc2c3c(c1)[C@H]1C=CC[C@H]1[C@H](c1ccccc1)N3C[C@H]1CC=C[C@H]21. The van der Waals surface area contributed by atoms with Crippen molar-refractivity contribution in [2.24, 2.45) is 11.8 Å². The predicted octanol–water partition coefficient (Wildman–Crippen LogP) is 5.76. The summed E-state index contributed by atoms with van der Waals surface area (Å²) in [5, 5.41) is 0. The van der Waals surface area contributed by atoms with E-state index in [0.29, 0.717) is 41.9 Å². The minimum absolute atomic E-state index is 0.198. The van der Waals surface area contributed by atoms with Crippen molar-refractivity contribution in [2.45, 2.75) is 37.6 Å². The number of allylic oxidation sites excluding steroid dienone is 4. The molecule has 2 aromatic rings. The van der Waals surface area contributed by atoms with Gasteiger partial charge in [-0.3, -0.25) is 0 Å². The molecular formula is C27H27NO2. The lowest BCUT2D eigenvalue weighted by molar-refractivity contribution is 0.0526. The van der Waals surface area contributed by atoms with Gasteiger partial charge in [0.05, 0.1) is 18.2 Å². The summed E-state index contributed by atoms with van der Waals surface area (Å²) in [4.78, 5) is 15.4. The van der Waals surface area contributed by atoms with Crippen LogP contribution in [0.1, 0.15) is 64.7 Å². The first kappa shape index (κ1) is 18.0. The van der Waals surface area contributed by atoms with Gasteiger partial charge in [0.15, 0.2) is 0 Å². The highest BCUT2D eigenvalue weighted by atomic mass is 16.5. The van der Waals surface area contributed by atoms with Crippen LogP contribution in [0.5, 0.6) is 0 Å². The quantitative estimate of drug-likeness (QED) is 0.487. The normalized spacial score (nSPS) is 30.0. The van der Waals surface area contributed by atoms with Crippen LogP contribution in [-0.4, -0.2) is 19.1 Å². The molecule has 0 saturated carbocycles. The van der Waals surface area contributed by atoms with Crippen LogP contribution in [-0.2, 0) is 4.74 Å². The number of benzene rings is 2. The molecule has 5 atom stereocenters. The van der Waals surface area contributed by atoms with Crippen molar-refractivity contribution in [1.82, 2.24) is 0 Å². The summed E-state index contributed by atoms with van der Waals surface area (Å²) in [5.41, 5.74) is 6.13. The number of carbonyl (C=O) groups excluding carboxylic acids is 1. The number of rotatable bonds is 3. The monoisotopic (exact) mass is 397 g/mol. The van der Waals surface area contributed by atoms with Gasteiger partial charge in [-0.1, -0.05) is 54.6 Å². The zero-order chi connectivity index (χ0) is 20.2. The zero-order valence-corrected chi connectivity index (χ0v) is 17.3. The fourth-order valence-corrected chi connectivity index (χ4v) is 6.34. The molecule has 152 valence electrons. The number of hydrogen-bond acceptors (Lipinski definition) is 3. The van der Waals surface area contributed by atoms with Crippen LogP contribution in [0.2, 0.25) is 0 Å². The van der Waals surface area contributed by atoms with E-state index in [4.69, 9.17) is 4.74 Å². The van der Waals surface area contributed by atoms with Crippen molar-refractivity contribution in [2.75, 3.05) is 18.1 Å². The molecule has 0 bridgehead atoms. The number of esters is 1. The van der Waals surface area contributed by atoms with Crippen LogP contribution in [0.25, 0.3) is 0 Å². The van der Waals surface area contributed by atoms with Crippen LogP contribution in [0.4, 0.5) is 5.69 Å². The lowest BCUT2D eigenvalue weighted by Crippen LogP contribution is -2.46. The average Bonchev–Trinajstić information content (AvgIpc) is 3.44. The van der Waals surface area contributed by atoms with Crippen molar-refractivity contribution in [1.29, 1.82) is 0 Å². The molecule has 6 rings (SSSR count). The molecular weight excluding hydrogens is 370 g/mol. The largest absolute Gasteiger partial charge is 0.462 e. The Morgan fingerprint density at radius 3 is 2.57 bits per heavy atom. The molecule has 0 N–H and O–H groups in total. The summed E-state index contributed by atoms with van der Waals surface area (Å²) >= 11 is 0. The molecule has 2 aliphatic heterocycles. The second kappa shape index (κ2) is 6.87. The number of fused-ring (bicyclic) bond motifs is 4. The van der Waals surface area contributed by atoms with E-state index in [1.54, 1.807) is 0 Å². The maximum Gasteiger partial charge on any atom is 0.338 e. The van der Waals surface area contributed by atoms with Gasteiger partial charge >= 0.3 is 5.97 Å². The third-order valence-corrected chi connectivity index (χ3v) is 7.50. The Labute approximate surface area is 178 Å². The number of nitrogens with zero attached hydrogens (tertiary/aromatic N) is 1. The number of carbonyl (C=O) groups is 1. The van der Waals surface area contributed by atoms with E-state index >= 15 is 0 Å². The number of anilines is 1. The Bertz CT molecular complexity index is 1040. The van der Waals surface area contributed by atoms with Crippen molar-refractivity contribution < 1.29 is 9.53 Å². The van der Waals surface area contributed by atoms with Gasteiger partial charge in [0.1, 0.15) is 0 Å². The number of ether oxygens (including phenoxy) is 1. The Hall–Kier alpha value is -2.81. The standard InChI is InChI=1S/C27H27NO2/c1-2-30-27(29)19-14-23-20-11-6-10-18(20)16-28-25(17-8-4-3-5-9-17)22-13-7-12-21(22)24(15-19)26(23)28/h3-9,11-12,14-15,18,20-22,25H,2,10,13,16H2,1H3/t18-,20+,21+,22-,25+/m1/s1. The Morgan fingerprint density at radius 1 is 1.03 bits per heavy atom. The van der Waals surface area contributed by atoms with Gasteiger partial charge < -0.3 is 9.64 Å². The van der Waals surface area contributed by atoms with E-state index in [9.17, 15) is 4.79 Å². The fraction of sp³-hybridized carbons (Fsp3) is 0.370. The van der Waals surface area contributed by atoms with Crippen LogP contribution in [0, 0.1) is 11.8 Å². The average molecular weight is 398 g/mol. The molecule has 3 heteroatoms. The summed E-state index contributed by atoms with van der Waals surface area (Å²) in [7, 11) is 0. The topological polar surface area (TPSA) is 29.5 Å². The third-order valence-electron chi connectivity index (χ3n) is 7.50. The molecule has 0 saturated heterocycles. The summed E-state index contributed by atoms with van der Waals surface area (Å²) in [5.74, 6) is 1.66. The Morgan fingerprint density at radius 2 is 1.77 bits per heavy atom. The van der Waals surface area contributed by atoms with E-state index in [-0.39, 0.29) is 5.97 Å². The van der Waals surface area contributed by atoms with E-state index in [1.165, 1.54) is 22.4 Å². The zero-order valence-electron chi connectivity index (χ0n) is 17.3. The van der Waals surface area contributed by atoms with Gasteiger partial charge in [0, 0.05) is 24.1 Å². The highest BCUT2D eigenvalue weighted by Crippen LogP contribution is 2.58. The highest BCUT2D eigenvalue weighted by Gasteiger charge is 2.48. The van der Waals surface area contributed by atoms with Crippen LogP contribution >= 0.6 is 0 Å². The first-order valence-corrected chi connectivity index (χ1v) is 11.3. The summed E-state index contributed by atoms with van der Waals surface area (Å²) in [6.45, 7) is 3.36. The van der Waals surface area contributed by atoms with E-state index in [0.717, 1.165) is 19.4 Å². The van der Waals surface area contributed by atoms with E-state index < -0.39 is 0 Å². The Kier molecular flexibility index (Phi) is 4.12. The molecule has 0 fully saturated rings. The first-order chi connectivity index (χ1) is 14.8. The molecule has 0 spiro atoms. The molecule has 0 aromatic heterocycles. The van der Waals surface area contributed by atoms with Crippen LogP contribution < -0.4 is 4.90 Å². The molecule has 2 aromatic carbocycles. The summed E-state index contributed by atoms with van der Waals surface area (Å²) in [6.07, 6.45) is 11.6. The second-order valence-corrected chi connectivity index (χ2v) is 9.03. The van der Waals surface area contributed by atoms with Crippen molar-refractivity contribution in [3.63, 3.8) is 0 Å². The fourth-order valence-electron chi connectivity index (χ4n) is 6.34. The minimum atomic E-state index is -0.198. The molecule has 2 heterocycles. The molecule has 2 aliphatic carbocycles. The van der Waals surface area contributed by atoms with Gasteiger partial charge in [-0.05, 0) is 60.4 Å². The minimum Gasteiger partial charge on any atom is -0.462 e. The van der Waals surface area contributed by atoms with Crippen molar-refractivity contribution in [3.05, 3.63) is 89.0 Å². The van der Waals surface area contributed by atoms with Gasteiger partial charge in [-0.25, -0.2) is 4.79 Å². The Balaban J connectivity index is 1.57. The molecule has 0 unspecified atom stereocenters. The van der Waals surface area contributed by atoms with Crippen LogP contribution in [0.15, 0.2) is 66.8 Å². The predicted molar refractivity (Wildman–Crippen MR) is 119 cm³/mol. The molecule has 3 nitrogen and oxygen atoms in total. The summed E-state index contributed by atoms with van der Waals surface area (Å²) in [6, 6.07) is 15.6. The highest BCUT2D eigenvalue weighted by molar-refractivity contribution is 5.92. The number of hydrogen-bond donors (Lipinski definition) is 0. The van der Waals surface area contributed by atoms with Gasteiger partial charge in [-0.15, -0.1) is 0 Å². The van der Waals surface area contributed by atoms with Gasteiger partial charge in [-0.2, -0.15) is 0 Å². The maximum absolute atomic E-state index is 12.7. The third kappa shape index (κ3) is 2.54. The molecule has 30 heavy (non-hydrogen) atoms. The summed E-state index contributed by atoms with van der Waals surface area (Å²) < 4.78 is 5.39. The van der Waals surface area contributed by atoms with Crippen LogP contribution in [0.3, 0.4) is 0 Å². The maximum atomic E-state index is 12.7. The van der Waals surface area contributed by atoms with Gasteiger partial charge in [0.25, 0.3) is 0 Å². The van der Waals surface area contributed by atoms with Crippen molar-refractivity contribution >= 4 is 11.7 Å². The van der Waals surface area contributed by atoms with Gasteiger partial charge in [0.2, 0.25) is 0 Å². The van der Waals surface area contributed by atoms with Crippen molar-refractivity contribution in [3.8, 4) is 0 Å². The van der Waals surface area contributed by atoms with E-state index in [1.807, 2.05) is 6.92 Å². The molecule has 4 aliphatic rings. The van der Waals surface area contributed by atoms with E-state index in [2.05, 4.69) is 71.7 Å². The smallest absolute Gasteiger partial charge is 0.338 e. The lowest BCUT2D eigenvalue weighted by Gasteiger charge is -2.51. The molecule has 0 amide bonds. The lowest BCUT2D eigenvalue weighted by atomic mass is 9.70. The second-order valence-electron chi connectivity index (χ2n) is 9.03. The molecule has 0 radical (unpaired) electrons. The first-order valence-electron chi connectivity index (χ1n) is 11.3.